The molecule has 11 heteroatoms. The normalized spacial score (nSPS) is 22.3. The molecular weight excluding hydrogens is 564 g/mol. The number of nitrogens with zero attached hydrogens (tertiary/aromatic N) is 3. The second-order valence-electron chi connectivity index (χ2n) is 10.5. The first kappa shape index (κ1) is 25.3. The number of fused-ring (bicyclic) bond motifs is 2. The van der Waals surface area contributed by atoms with E-state index in [0.29, 0.717) is 50.4 Å². The molecule has 2 aliphatic carbocycles. The van der Waals surface area contributed by atoms with Crippen LogP contribution in [0.15, 0.2) is 34.9 Å². The van der Waals surface area contributed by atoms with Crippen LogP contribution >= 0.6 is 34.5 Å². The Kier molecular flexibility index (Phi) is 6.30. The summed E-state index contributed by atoms with van der Waals surface area (Å²) < 4.78 is 32.3. The Bertz CT molecular complexity index is 1580. The number of benzene rings is 2. The van der Waals surface area contributed by atoms with Crippen molar-refractivity contribution < 1.29 is 23.2 Å². The first-order valence-corrected chi connectivity index (χ1v) is 14.5. The predicted octanol–water partition coefficient (Wildman–Crippen LogP) is 7.10. The SMILES string of the molecule is COC(=O)c1cc(F)c2nc(N3CC4CC(OCc5c(-c6c(Cl)cccc6Cl)noc5C5CC5)C4C3)sc2c1. The number of rotatable bonds is 7. The number of halogens is 3. The minimum absolute atomic E-state index is 0.0913. The molecule has 0 N–H and O–H groups in total. The van der Waals surface area contributed by atoms with Crippen molar-refractivity contribution in [2.24, 2.45) is 11.8 Å². The lowest BCUT2D eigenvalue weighted by Crippen LogP contribution is -2.42. The van der Waals surface area contributed by atoms with Crippen molar-refractivity contribution in [2.75, 3.05) is 25.1 Å². The van der Waals surface area contributed by atoms with Gasteiger partial charge in [0.05, 0.1) is 40.1 Å². The number of anilines is 1. The Hall–Kier alpha value is -2.72. The van der Waals surface area contributed by atoms with E-state index in [2.05, 4.69) is 15.0 Å². The molecular formula is C28H24Cl2FN3O4S. The van der Waals surface area contributed by atoms with Crippen LogP contribution in [0.25, 0.3) is 21.5 Å². The van der Waals surface area contributed by atoms with E-state index in [0.717, 1.165) is 48.8 Å². The third kappa shape index (κ3) is 4.40. The van der Waals surface area contributed by atoms with Crippen molar-refractivity contribution in [3.8, 4) is 11.3 Å². The molecule has 4 aromatic rings. The van der Waals surface area contributed by atoms with Gasteiger partial charge in [0, 0.05) is 36.1 Å². The zero-order valence-corrected chi connectivity index (χ0v) is 23.3. The summed E-state index contributed by atoms with van der Waals surface area (Å²) in [6.45, 7) is 2.00. The number of esters is 1. The van der Waals surface area contributed by atoms with Crippen molar-refractivity contribution in [3.63, 3.8) is 0 Å². The number of carbonyl (C=O) groups excluding carboxylic acids is 1. The van der Waals surface area contributed by atoms with E-state index in [4.69, 9.17) is 37.2 Å². The first-order chi connectivity index (χ1) is 18.9. The lowest BCUT2D eigenvalue weighted by atomic mass is 9.73. The number of thiazole rings is 1. The number of methoxy groups -OCH3 is 1. The third-order valence-electron chi connectivity index (χ3n) is 8.04. The smallest absolute Gasteiger partial charge is 0.338 e. The quantitative estimate of drug-likeness (QED) is 0.213. The Balaban J connectivity index is 1.07. The molecule has 7 nitrogen and oxygen atoms in total. The maximum absolute atomic E-state index is 14.7. The van der Waals surface area contributed by atoms with Crippen molar-refractivity contribution >= 4 is 55.9 Å². The van der Waals surface area contributed by atoms with E-state index in [-0.39, 0.29) is 17.2 Å². The fraction of sp³-hybridized carbons (Fsp3) is 0.393. The summed E-state index contributed by atoms with van der Waals surface area (Å²) in [5, 5.41) is 6.17. The zero-order chi connectivity index (χ0) is 26.8. The Morgan fingerprint density at radius 3 is 2.77 bits per heavy atom. The maximum atomic E-state index is 14.7. The van der Waals surface area contributed by atoms with Gasteiger partial charge in [0.15, 0.2) is 10.9 Å². The standard InChI is InChI=1S/C28H24Cl2FN3O4S/c1-36-27(35)14-7-20(31)25-22(9-14)39-28(32-25)34-10-15-8-21(16(15)11-34)37-12-17-24(33-38-26(17)13-5-6-13)23-18(29)3-2-4-19(23)30/h2-4,7,9,13,15-16,21H,5-6,8,10-12H2,1H3. The molecule has 2 aromatic heterocycles. The largest absolute Gasteiger partial charge is 0.465 e. The zero-order valence-electron chi connectivity index (χ0n) is 21.0. The predicted molar refractivity (Wildman–Crippen MR) is 147 cm³/mol. The highest BCUT2D eigenvalue weighted by Gasteiger charge is 2.48. The van der Waals surface area contributed by atoms with Crippen molar-refractivity contribution in [1.82, 2.24) is 10.1 Å². The second kappa shape index (κ2) is 9.73. The van der Waals surface area contributed by atoms with Gasteiger partial charge in [-0.05, 0) is 49.4 Å². The molecule has 202 valence electrons. The van der Waals surface area contributed by atoms with Crippen LogP contribution in [0, 0.1) is 17.7 Å². The topological polar surface area (TPSA) is 77.7 Å². The van der Waals surface area contributed by atoms with Crippen LogP contribution in [0.3, 0.4) is 0 Å². The van der Waals surface area contributed by atoms with Crippen molar-refractivity contribution in [2.45, 2.75) is 37.9 Å². The summed E-state index contributed by atoms with van der Waals surface area (Å²) >= 11 is 14.4. The van der Waals surface area contributed by atoms with Gasteiger partial charge in [-0.25, -0.2) is 14.2 Å². The van der Waals surface area contributed by atoms with Gasteiger partial charge in [-0.1, -0.05) is 45.8 Å². The number of ether oxygens (including phenoxy) is 2. The molecule has 3 atom stereocenters. The molecule has 3 fully saturated rings. The number of hydrogen-bond acceptors (Lipinski definition) is 8. The second-order valence-corrected chi connectivity index (χ2v) is 12.3. The molecule has 0 amide bonds. The lowest BCUT2D eigenvalue weighted by molar-refractivity contribution is -0.0747. The van der Waals surface area contributed by atoms with Gasteiger partial charge >= 0.3 is 5.97 Å². The summed E-state index contributed by atoms with van der Waals surface area (Å²) in [7, 11) is 1.28. The molecule has 0 spiro atoms. The summed E-state index contributed by atoms with van der Waals surface area (Å²) in [5.41, 5.74) is 2.71. The van der Waals surface area contributed by atoms with Crippen molar-refractivity contribution in [1.29, 1.82) is 0 Å². The molecule has 1 saturated heterocycles. The van der Waals surface area contributed by atoms with Gasteiger partial charge < -0.3 is 18.9 Å². The fourth-order valence-electron chi connectivity index (χ4n) is 5.78. The molecule has 7 rings (SSSR count). The number of hydrogen-bond donors (Lipinski definition) is 0. The highest BCUT2D eigenvalue weighted by molar-refractivity contribution is 7.22. The van der Waals surface area contributed by atoms with Gasteiger partial charge in [0.1, 0.15) is 17.0 Å². The Morgan fingerprint density at radius 2 is 2.03 bits per heavy atom. The van der Waals surface area contributed by atoms with E-state index in [1.165, 1.54) is 24.5 Å². The van der Waals surface area contributed by atoms with Gasteiger partial charge in [0.2, 0.25) is 0 Å². The molecule has 3 heterocycles. The Labute approximate surface area is 237 Å². The summed E-state index contributed by atoms with van der Waals surface area (Å²) in [4.78, 5) is 18.7. The molecule has 3 aliphatic rings. The van der Waals surface area contributed by atoms with E-state index in [1.54, 1.807) is 18.2 Å². The summed E-state index contributed by atoms with van der Waals surface area (Å²) in [6, 6.07) is 8.23. The average Bonchev–Trinajstić information content (AvgIpc) is 3.38. The molecule has 0 radical (unpaired) electrons. The van der Waals surface area contributed by atoms with Crippen LogP contribution in [0.1, 0.15) is 46.9 Å². The Morgan fingerprint density at radius 1 is 1.23 bits per heavy atom. The lowest BCUT2D eigenvalue weighted by Gasteiger charge is -2.38. The van der Waals surface area contributed by atoms with Crippen molar-refractivity contribution in [3.05, 3.63) is 63.1 Å². The molecule has 2 aromatic carbocycles. The highest BCUT2D eigenvalue weighted by atomic mass is 35.5. The number of aromatic nitrogens is 2. The van der Waals surface area contributed by atoms with Gasteiger partial charge in [0.25, 0.3) is 0 Å². The maximum Gasteiger partial charge on any atom is 0.338 e. The van der Waals surface area contributed by atoms with Crippen LogP contribution in [-0.4, -0.2) is 42.4 Å². The van der Waals surface area contributed by atoms with Crippen LogP contribution in [-0.2, 0) is 16.1 Å². The van der Waals surface area contributed by atoms with Crippen LogP contribution in [0.5, 0.6) is 0 Å². The molecule has 3 unspecified atom stereocenters. The third-order valence-corrected chi connectivity index (χ3v) is 9.73. The molecule has 0 bridgehead atoms. The van der Waals surface area contributed by atoms with E-state index in [9.17, 15) is 9.18 Å². The summed E-state index contributed by atoms with van der Waals surface area (Å²) in [6.07, 6.45) is 3.18. The van der Waals surface area contributed by atoms with Crippen LogP contribution < -0.4 is 4.90 Å². The van der Waals surface area contributed by atoms with E-state index >= 15 is 0 Å². The molecule has 1 aliphatic heterocycles. The average molecular weight is 588 g/mol. The van der Waals surface area contributed by atoms with Crippen LogP contribution in [0.2, 0.25) is 10.0 Å². The highest BCUT2D eigenvalue weighted by Crippen LogP contribution is 2.48. The van der Waals surface area contributed by atoms with E-state index in [1.807, 2.05) is 6.07 Å². The van der Waals surface area contributed by atoms with Crippen LogP contribution in [0.4, 0.5) is 9.52 Å². The summed E-state index contributed by atoms with van der Waals surface area (Å²) in [5.74, 6) is 0.981. The van der Waals surface area contributed by atoms with E-state index < -0.39 is 11.8 Å². The molecule has 2 saturated carbocycles. The first-order valence-electron chi connectivity index (χ1n) is 12.9. The minimum atomic E-state index is -0.567. The fourth-order valence-corrected chi connectivity index (χ4v) is 7.39. The van der Waals surface area contributed by atoms with Gasteiger partial charge in [-0.3, -0.25) is 0 Å². The molecule has 39 heavy (non-hydrogen) atoms. The number of carbonyl (C=O) groups is 1. The van der Waals surface area contributed by atoms with Gasteiger partial charge in [-0.2, -0.15) is 0 Å². The minimum Gasteiger partial charge on any atom is -0.465 e. The monoisotopic (exact) mass is 587 g/mol. The van der Waals surface area contributed by atoms with Gasteiger partial charge in [-0.15, -0.1) is 0 Å².